The number of hydrogen-bond donors (Lipinski definition) is 3. The van der Waals surface area contributed by atoms with Crippen LogP contribution in [-0.4, -0.2) is 30.1 Å². The Morgan fingerprint density at radius 2 is 1.79 bits per heavy atom. The number of imidazole rings is 1. The van der Waals surface area contributed by atoms with Gasteiger partial charge in [-0.1, -0.05) is 18.2 Å². The number of halogens is 1. The smallest absolute Gasteiger partial charge is 0.161 e. The molecule has 0 atom stereocenters. The van der Waals surface area contributed by atoms with Gasteiger partial charge in [0.2, 0.25) is 0 Å². The zero-order chi connectivity index (χ0) is 22.5. The second-order valence-electron chi connectivity index (χ2n) is 7.98. The highest BCUT2D eigenvalue weighted by molar-refractivity contribution is 5.96. The molecule has 0 bridgehead atoms. The van der Waals surface area contributed by atoms with E-state index < -0.39 is 0 Å². The summed E-state index contributed by atoms with van der Waals surface area (Å²) in [5, 5.41) is 7.48. The maximum absolute atomic E-state index is 14.1. The van der Waals surface area contributed by atoms with Crippen LogP contribution in [0.15, 0.2) is 67.0 Å². The third-order valence-electron chi connectivity index (χ3n) is 5.55. The molecule has 2 aromatic carbocycles. The molecule has 0 fully saturated rings. The van der Waals surface area contributed by atoms with Gasteiger partial charge in [0.1, 0.15) is 11.3 Å². The first-order valence-corrected chi connectivity index (χ1v) is 10.4. The molecule has 0 spiro atoms. The number of anilines is 1. The third-order valence-corrected chi connectivity index (χ3v) is 5.55. The molecule has 33 heavy (non-hydrogen) atoms. The fourth-order valence-electron chi connectivity index (χ4n) is 4.09. The zero-order valence-corrected chi connectivity index (χ0v) is 17.6. The maximum atomic E-state index is 14.1. The molecule has 0 amide bonds. The molecule has 0 unspecified atom stereocenters. The van der Waals surface area contributed by atoms with Crippen molar-refractivity contribution in [2.75, 3.05) is 5.73 Å². The predicted molar refractivity (Wildman–Crippen MR) is 127 cm³/mol. The second kappa shape index (κ2) is 7.23. The van der Waals surface area contributed by atoms with Gasteiger partial charge in [0.25, 0.3) is 0 Å². The number of aromatic nitrogens is 6. The summed E-state index contributed by atoms with van der Waals surface area (Å²) in [6, 6.07) is 16.4. The molecule has 4 aromatic heterocycles. The molecule has 160 valence electrons. The van der Waals surface area contributed by atoms with E-state index in [4.69, 9.17) is 15.7 Å². The summed E-state index contributed by atoms with van der Waals surface area (Å²) in [5.74, 6) is 0.302. The van der Waals surface area contributed by atoms with Crippen molar-refractivity contribution in [2.45, 2.75) is 6.92 Å². The summed E-state index contributed by atoms with van der Waals surface area (Å²) in [4.78, 5) is 17.1. The average molecular weight is 435 g/mol. The van der Waals surface area contributed by atoms with Crippen molar-refractivity contribution in [1.82, 2.24) is 30.1 Å². The summed E-state index contributed by atoms with van der Waals surface area (Å²) in [7, 11) is 0. The lowest BCUT2D eigenvalue weighted by molar-refractivity contribution is 0.627. The van der Waals surface area contributed by atoms with Gasteiger partial charge >= 0.3 is 0 Å². The Hall–Kier alpha value is -4.59. The largest absolute Gasteiger partial charge is 0.397 e. The Balaban J connectivity index is 1.51. The van der Waals surface area contributed by atoms with Crippen LogP contribution in [0.4, 0.5) is 10.1 Å². The maximum Gasteiger partial charge on any atom is 0.161 e. The third kappa shape index (κ3) is 3.28. The molecule has 4 N–H and O–H groups in total. The van der Waals surface area contributed by atoms with E-state index in [0.29, 0.717) is 22.7 Å². The molecule has 6 rings (SSSR count). The lowest BCUT2D eigenvalue weighted by Gasteiger charge is -2.04. The number of rotatable bonds is 3. The first kappa shape index (κ1) is 19.1. The van der Waals surface area contributed by atoms with E-state index in [-0.39, 0.29) is 5.82 Å². The number of aryl methyl sites for hydroxylation is 1. The number of benzene rings is 2. The number of para-hydroxylation sites is 1. The van der Waals surface area contributed by atoms with Gasteiger partial charge in [-0.05, 0) is 54.4 Å². The van der Waals surface area contributed by atoms with Gasteiger partial charge in [0.15, 0.2) is 11.5 Å². The molecule has 0 radical (unpaired) electrons. The van der Waals surface area contributed by atoms with E-state index in [9.17, 15) is 4.39 Å². The van der Waals surface area contributed by atoms with E-state index in [1.54, 1.807) is 12.4 Å². The number of pyridine rings is 2. The summed E-state index contributed by atoms with van der Waals surface area (Å²) >= 11 is 0. The van der Waals surface area contributed by atoms with E-state index in [1.165, 1.54) is 12.1 Å². The van der Waals surface area contributed by atoms with Crippen molar-refractivity contribution in [3.63, 3.8) is 0 Å². The van der Waals surface area contributed by atoms with Crippen molar-refractivity contribution in [2.24, 2.45) is 0 Å². The zero-order valence-electron chi connectivity index (χ0n) is 17.6. The Labute approximate surface area is 187 Å². The van der Waals surface area contributed by atoms with Crippen LogP contribution in [0.25, 0.3) is 56.0 Å². The summed E-state index contributed by atoms with van der Waals surface area (Å²) < 4.78 is 14.1. The molecule has 0 aliphatic rings. The average Bonchev–Trinajstić information content (AvgIpc) is 3.41. The highest BCUT2D eigenvalue weighted by atomic mass is 19.1. The Morgan fingerprint density at radius 1 is 0.879 bits per heavy atom. The van der Waals surface area contributed by atoms with Crippen LogP contribution >= 0.6 is 0 Å². The summed E-state index contributed by atoms with van der Waals surface area (Å²) in [5.41, 5.74) is 14.1. The first-order chi connectivity index (χ1) is 16.0. The molecule has 6 aromatic rings. The Bertz CT molecular complexity index is 1640. The number of nitrogens with one attached hydrogen (secondary N) is 2. The normalized spacial score (nSPS) is 11.5. The SMILES string of the molecule is Cc1cc(F)cc(-c2cccc3[nH]c(-c4n[nH]c5ccc(-c6cncc(N)c6)nc45)nc23)c1. The van der Waals surface area contributed by atoms with Crippen molar-refractivity contribution in [1.29, 1.82) is 0 Å². The van der Waals surface area contributed by atoms with Crippen LogP contribution in [0.5, 0.6) is 0 Å². The number of hydrogen-bond acceptors (Lipinski definition) is 5. The van der Waals surface area contributed by atoms with Crippen molar-refractivity contribution >= 4 is 27.8 Å². The second-order valence-corrected chi connectivity index (χ2v) is 7.98. The molecule has 0 saturated carbocycles. The van der Waals surface area contributed by atoms with Crippen LogP contribution in [-0.2, 0) is 0 Å². The van der Waals surface area contributed by atoms with E-state index in [2.05, 4.69) is 20.2 Å². The van der Waals surface area contributed by atoms with Gasteiger partial charge in [-0.15, -0.1) is 0 Å². The van der Waals surface area contributed by atoms with Gasteiger partial charge < -0.3 is 10.7 Å². The quantitative estimate of drug-likeness (QED) is 0.351. The fraction of sp³-hybridized carbons (Fsp3) is 0.0400. The number of nitrogen functional groups attached to an aromatic ring is 1. The fourth-order valence-corrected chi connectivity index (χ4v) is 4.09. The first-order valence-electron chi connectivity index (χ1n) is 10.4. The number of nitrogens with two attached hydrogens (primary N) is 1. The molecular formula is C25H18FN7. The molecule has 0 aliphatic carbocycles. The van der Waals surface area contributed by atoms with E-state index in [0.717, 1.165) is 44.5 Å². The summed E-state index contributed by atoms with van der Waals surface area (Å²) in [6.45, 7) is 1.87. The minimum absolute atomic E-state index is 0.274. The van der Waals surface area contributed by atoms with Gasteiger partial charge in [0.05, 0.1) is 27.9 Å². The van der Waals surface area contributed by atoms with E-state index >= 15 is 0 Å². The van der Waals surface area contributed by atoms with Crippen LogP contribution in [0.3, 0.4) is 0 Å². The number of nitrogens with zero attached hydrogens (tertiary/aromatic N) is 4. The molecule has 0 saturated heterocycles. The Kier molecular flexibility index (Phi) is 4.19. The molecule has 7 nitrogen and oxygen atoms in total. The molecule has 8 heteroatoms. The molecule has 4 heterocycles. The topological polar surface area (TPSA) is 109 Å². The van der Waals surface area contributed by atoms with Crippen LogP contribution < -0.4 is 5.73 Å². The highest BCUT2D eigenvalue weighted by Crippen LogP contribution is 2.32. The molecular weight excluding hydrogens is 417 g/mol. The van der Waals surface area contributed by atoms with E-state index in [1.807, 2.05) is 49.4 Å². The highest BCUT2D eigenvalue weighted by Gasteiger charge is 2.17. The van der Waals surface area contributed by atoms with Gasteiger partial charge in [0, 0.05) is 23.5 Å². The van der Waals surface area contributed by atoms with Gasteiger partial charge in [-0.3, -0.25) is 10.1 Å². The van der Waals surface area contributed by atoms with Gasteiger partial charge in [-0.2, -0.15) is 5.10 Å². The number of H-pyrrole nitrogens is 2. The Morgan fingerprint density at radius 3 is 2.64 bits per heavy atom. The van der Waals surface area contributed by atoms with Crippen LogP contribution in [0.2, 0.25) is 0 Å². The minimum Gasteiger partial charge on any atom is -0.397 e. The minimum atomic E-state index is -0.274. The van der Waals surface area contributed by atoms with Crippen LogP contribution in [0.1, 0.15) is 5.56 Å². The monoisotopic (exact) mass is 435 g/mol. The van der Waals surface area contributed by atoms with Crippen molar-refractivity contribution in [3.05, 3.63) is 78.4 Å². The predicted octanol–water partition coefficient (Wildman–Crippen LogP) is 5.26. The van der Waals surface area contributed by atoms with Crippen molar-refractivity contribution in [3.8, 4) is 33.9 Å². The molecule has 0 aliphatic heterocycles. The van der Waals surface area contributed by atoms with Gasteiger partial charge in [-0.25, -0.2) is 14.4 Å². The van der Waals surface area contributed by atoms with Crippen molar-refractivity contribution < 1.29 is 4.39 Å². The number of aromatic amines is 2. The lowest BCUT2D eigenvalue weighted by Crippen LogP contribution is -1.90. The summed E-state index contributed by atoms with van der Waals surface area (Å²) in [6.07, 6.45) is 3.32. The lowest BCUT2D eigenvalue weighted by atomic mass is 10.0. The number of fused-ring (bicyclic) bond motifs is 2. The standard InChI is InChI=1S/C25H18FN7/c1-13-7-14(9-16(26)8-13)18-3-2-4-20-22(18)31-25(30-20)24-23-21(32-33-24)6-5-19(29-23)15-10-17(27)12-28-11-15/h2-12H,27H2,1H3,(H,30,31)(H,32,33). The van der Waals surface area contributed by atoms with Crippen LogP contribution in [0, 0.1) is 12.7 Å².